The molecule has 1 unspecified atom stereocenters. The molecule has 154 valence electrons. The van der Waals surface area contributed by atoms with Gasteiger partial charge in [-0.05, 0) is 38.3 Å². The highest BCUT2D eigenvalue weighted by molar-refractivity contribution is 6.08. The van der Waals surface area contributed by atoms with Crippen molar-refractivity contribution in [1.29, 1.82) is 0 Å². The smallest absolute Gasteiger partial charge is 0.315 e. The number of rotatable bonds is 5. The second-order valence-electron chi connectivity index (χ2n) is 7.50. The summed E-state index contributed by atoms with van der Waals surface area (Å²) in [6, 6.07) is 4.88. The molecule has 2 atom stereocenters. The van der Waals surface area contributed by atoms with Gasteiger partial charge in [-0.2, -0.15) is 0 Å². The Bertz CT molecular complexity index is 932. The Morgan fingerprint density at radius 1 is 1.34 bits per heavy atom. The molecule has 0 amide bonds. The molecule has 0 radical (unpaired) electrons. The Morgan fingerprint density at radius 2 is 2.07 bits per heavy atom. The Kier molecular flexibility index (Phi) is 5.81. The van der Waals surface area contributed by atoms with Crippen molar-refractivity contribution in [3.63, 3.8) is 0 Å². The fourth-order valence-corrected chi connectivity index (χ4v) is 4.16. The summed E-state index contributed by atoms with van der Waals surface area (Å²) in [6.07, 6.45) is 1.75. The number of carbonyl (C=O) groups is 2. The quantitative estimate of drug-likeness (QED) is 0.427. The maximum atomic E-state index is 12.8. The molecule has 0 saturated heterocycles. The number of nitrogens with zero attached hydrogens (tertiary/aromatic N) is 3. The Balaban J connectivity index is 2.21. The van der Waals surface area contributed by atoms with Crippen molar-refractivity contribution in [1.82, 2.24) is 0 Å². The first-order valence-corrected chi connectivity index (χ1v) is 9.70. The minimum atomic E-state index is -0.777. The number of aliphatic imine (C=N–C) groups is 1. The predicted octanol–water partition coefficient (Wildman–Crippen LogP) is 3.41. The summed E-state index contributed by atoms with van der Waals surface area (Å²) in [5, 5.41) is 11.7. The van der Waals surface area contributed by atoms with E-state index < -0.39 is 22.7 Å². The number of Topliss-reactive ketones (excluding diaryl/α,β-unsaturated/α-hetero) is 1. The average molecular weight is 399 g/mol. The molecule has 0 fully saturated rings. The molecule has 0 bridgehead atoms. The van der Waals surface area contributed by atoms with Crippen LogP contribution in [0.2, 0.25) is 0 Å². The number of esters is 1. The van der Waals surface area contributed by atoms with Crippen molar-refractivity contribution in [3.8, 4) is 0 Å². The van der Waals surface area contributed by atoms with Crippen LogP contribution >= 0.6 is 0 Å². The van der Waals surface area contributed by atoms with E-state index in [-0.39, 0.29) is 18.1 Å². The summed E-state index contributed by atoms with van der Waals surface area (Å²) in [5.41, 5.74) is 2.69. The molecule has 2 aliphatic rings. The summed E-state index contributed by atoms with van der Waals surface area (Å²) in [7, 11) is 3.46. The zero-order valence-corrected chi connectivity index (χ0v) is 17.1. The van der Waals surface area contributed by atoms with Gasteiger partial charge in [-0.1, -0.05) is 6.07 Å². The standard InChI is InChI=1S/C21H25N3O5/c1-5-29-21(26)18-12(2)22-14-7-6-8-17(25)20(14)19(18)13-9-10-15(23(3)4)16(11-13)24(27)28/h9-11,18-19H,5-8H2,1-4H3/t18?,19-/m1/s1. The summed E-state index contributed by atoms with van der Waals surface area (Å²) in [5.74, 6) is -1.94. The normalized spacial score (nSPS) is 21.4. The van der Waals surface area contributed by atoms with Crippen LogP contribution in [0.25, 0.3) is 0 Å². The molecule has 0 aromatic heterocycles. The average Bonchev–Trinajstić information content (AvgIpc) is 2.66. The molecule has 8 nitrogen and oxygen atoms in total. The van der Waals surface area contributed by atoms with Gasteiger partial charge >= 0.3 is 5.97 Å². The van der Waals surface area contributed by atoms with Crippen LogP contribution in [0, 0.1) is 16.0 Å². The third-order valence-electron chi connectivity index (χ3n) is 5.41. The van der Waals surface area contributed by atoms with Crippen LogP contribution in [-0.2, 0) is 14.3 Å². The third-order valence-corrected chi connectivity index (χ3v) is 5.41. The summed E-state index contributed by atoms with van der Waals surface area (Å²) < 4.78 is 5.26. The van der Waals surface area contributed by atoms with E-state index >= 15 is 0 Å². The van der Waals surface area contributed by atoms with Gasteiger partial charge in [0, 0.05) is 49.5 Å². The van der Waals surface area contributed by atoms with Crippen molar-refractivity contribution in [2.45, 2.75) is 39.0 Å². The monoisotopic (exact) mass is 399 g/mol. The fraction of sp³-hybridized carbons (Fsp3) is 0.476. The van der Waals surface area contributed by atoms with E-state index in [4.69, 9.17) is 4.74 Å². The molecular weight excluding hydrogens is 374 g/mol. The van der Waals surface area contributed by atoms with Crippen molar-refractivity contribution in [2.75, 3.05) is 25.6 Å². The van der Waals surface area contributed by atoms with Crippen LogP contribution in [0.15, 0.2) is 34.5 Å². The SMILES string of the molecule is CCOC(=O)C1C(C)=NC2=C(C(=O)CCC2)[C@@H]1c1ccc(N(C)C)c([N+](=O)[O-])c1. The lowest BCUT2D eigenvalue weighted by Crippen LogP contribution is -2.37. The molecule has 0 N–H and O–H groups in total. The van der Waals surface area contributed by atoms with Gasteiger partial charge in [-0.15, -0.1) is 0 Å². The van der Waals surface area contributed by atoms with E-state index in [1.54, 1.807) is 45.0 Å². The maximum Gasteiger partial charge on any atom is 0.315 e. The van der Waals surface area contributed by atoms with E-state index in [0.29, 0.717) is 47.5 Å². The predicted molar refractivity (Wildman–Crippen MR) is 109 cm³/mol. The van der Waals surface area contributed by atoms with Crippen LogP contribution in [0.1, 0.15) is 44.6 Å². The van der Waals surface area contributed by atoms with E-state index in [1.807, 2.05) is 0 Å². The number of hydrogen-bond acceptors (Lipinski definition) is 7. The highest BCUT2D eigenvalue weighted by Crippen LogP contribution is 2.45. The Morgan fingerprint density at radius 3 is 2.69 bits per heavy atom. The lowest BCUT2D eigenvalue weighted by molar-refractivity contribution is -0.384. The molecule has 3 rings (SSSR count). The summed E-state index contributed by atoms with van der Waals surface area (Å²) in [6.45, 7) is 3.67. The maximum absolute atomic E-state index is 12.8. The lowest BCUT2D eigenvalue weighted by atomic mass is 9.71. The van der Waals surface area contributed by atoms with Gasteiger partial charge in [0.1, 0.15) is 11.6 Å². The second kappa shape index (κ2) is 8.14. The molecule has 1 aliphatic carbocycles. The van der Waals surface area contributed by atoms with Crippen molar-refractivity contribution in [2.24, 2.45) is 10.9 Å². The molecule has 1 aromatic rings. The number of carbonyl (C=O) groups excluding carboxylic acids is 2. The van der Waals surface area contributed by atoms with Crippen molar-refractivity contribution < 1.29 is 19.2 Å². The Hall–Kier alpha value is -3.03. The topological polar surface area (TPSA) is 102 Å². The van der Waals surface area contributed by atoms with Gasteiger partial charge in [0.2, 0.25) is 0 Å². The first-order chi connectivity index (χ1) is 13.8. The highest BCUT2D eigenvalue weighted by atomic mass is 16.6. The van der Waals surface area contributed by atoms with Crippen LogP contribution in [0.3, 0.4) is 0 Å². The molecule has 1 heterocycles. The summed E-state index contributed by atoms with van der Waals surface area (Å²) in [4.78, 5) is 43.0. The zero-order valence-electron chi connectivity index (χ0n) is 17.1. The first kappa shape index (κ1) is 20.7. The van der Waals surface area contributed by atoms with Gasteiger partial charge in [0.15, 0.2) is 5.78 Å². The minimum absolute atomic E-state index is 0.0545. The molecule has 1 aromatic carbocycles. The van der Waals surface area contributed by atoms with Gasteiger partial charge in [-0.3, -0.25) is 24.7 Å². The molecule has 1 aliphatic heterocycles. The number of benzene rings is 1. The van der Waals surface area contributed by atoms with E-state index in [2.05, 4.69) is 4.99 Å². The van der Waals surface area contributed by atoms with E-state index in [0.717, 1.165) is 0 Å². The van der Waals surface area contributed by atoms with Crippen LogP contribution in [0.4, 0.5) is 11.4 Å². The van der Waals surface area contributed by atoms with Gasteiger partial charge in [-0.25, -0.2) is 0 Å². The number of nitro benzene ring substituents is 1. The molecule has 29 heavy (non-hydrogen) atoms. The molecular formula is C21H25N3O5. The van der Waals surface area contributed by atoms with Gasteiger partial charge in [0.05, 0.1) is 11.5 Å². The minimum Gasteiger partial charge on any atom is -0.465 e. The van der Waals surface area contributed by atoms with E-state index in [1.165, 1.54) is 6.07 Å². The lowest BCUT2D eigenvalue weighted by Gasteiger charge is -2.34. The highest BCUT2D eigenvalue weighted by Gasteiger charge is 2.43. The number of ether oxygens (including phenoxy) is 1. The Labute approximate surface area is 169 Å². The van der Waals surface area contributed by atoms with Crippen molar-refractivity contribution in [3.05, 3.63) is 45.1 Å². The van der Waals surface area contributed by atoms with Gasteiger partial charge in [0.25, 0.3) is 5.69 Å². The zero-order chi connectivity index (χ0) is 21.3. The largest absolute Gasteiger partial charge is 0.465 e. The third kappa shape index (κ3) is 3.79. The van der Waals surface area contributed by atoms with Crippen LogP contribution in [0.5, 0.6) is 0 Å². The van der Waals surface area contributed by atoms with Crippen LogP contribution in [-0.4, -0.2) is 43.1 Å². The van der Waals surface area contributed by atoms with Gasteiger partial charge < -0.3 is 9.64 Å². The summed E-state index contributed by atoms with van der Waals surface area (Å²) >= 11 is 0. The molecule has 0 saturated carbocycles. The second-order valence-corrected chi connectivity index (χ2v) is 7.50. The van der Waals surface area contributed by atoms with Crippen molar-refractivity contribution >= 4 is 28.8 Å². The number of allylic oxidation sites excluding steroid dienone is 2. The molecule has 8 heteroatoms. The molecule has 0 spiro atoms. The van der Waals surface area contributed by atoms with E-state index in [9.17, 15) is 19.7 Å². The number of nitro groups is 1. The number of ketones is 1. The fourth-order valence-electron chi connectivity index (χ4n) is 4.16. The first-order valence-electron chi connectivity index (χ1n) is 9.70. The number of anilines is 1. The number of hydrogen-bond donors (Lipinski definition) is 0. The van der Waals surface area contributed by atoms with Crippen LogP contribution < -0.4 is 4.90 Å².